The van der Waals surface area contributed by atoms with Crippen molar-refractivity contribution in [2.45, 2.75) is 12.2 Å². The van der Waals surface area contributed by atoms with Gasteiger partial charge in [-0.3, -0.25) is 0 Å². The number of carbonyl (C=O) groups excluding carboxylic acids is 1. The summed E-state index contributed by atoms with van der Waals surface area (Å²) in [6, 6.07) is 13.8. The molecule has 2 N–H and O–H groups in total. The number of benzene rings is 3. The molecule has 0 spiro atoms. The molecule has 1 aliphatic heterocycles. The monoisotopic (exact) mass is 562 g/mol. The van der Waals surface area contributed by atoms with Gasteiger partial charge >= 0.3 is 11.6 Å². The van der Waals surface area contributed by atoms with Gasteiger partial charge in [-0.2, -0.15) is 0 Å². The molecule has 0 bridgehead atoms. The fraction of sp³-hybridized carbons (Fsp3) is 0.200. The highest BCUT2D eigenvalue weighted by atomic mass is 16.6. The van der Waals surface area contributed by atoms with Crippen LogP contribution in [0.5, 0.6) is 40.2 Å². The Balaban J connectivity index is 1.47. The number of aromatic hydroxyl groups is 2. The second-order valence-electron chi connectivity index (χ2n) is 8.93. The third kappa shape index (κ3) is 5.55. The molecule has 11 heteroatoms. The summed E-state index contributed by atoms with van der Waals surface area (Å²) in [5.74, 6) is 0.332. The summed E-state index contributed by atoms with van der Waals surface area (Å²) in [6.07, 6.45) is 0.966. The first-order valence-corrected chi connectivity index (χ1v) is 12.4. The van der Waals surface area contributed by atoms with Gasteiger partial charge in [0, 0.05) is 23.1 Å². The summed E-state index contributed by atoms with van der Waals surface area (Å²) < 4.78 is 39.4. The van der Waals surface area contributed by atoms with E-state index in [1.807, 2.05) is 0 Å². The van der Waals surface area contributed by atoms with E-state index < -0.39 is 23.8 Å². The van der Waals surface area contributed by atoms with E-state index in [1.165, 1.54) is 51.7 Å². The molecule has 0 fully saturated rings. The molecule has 0 unspecified atom stereocenters. The molecule has 0 radical (unpaired) electrons. The van der Waals surface area contributed by atoms with Crippen LogP contribution in [0.2, 0.25) is 0 Å². The van der Waals surface area contributed by atoms with E-state index in [-0.39, 0.29) is 46.7 Å². The number of ether oxygens (including phenoxy) is 6. The number of esters is 1. The molecule has 11 nitrogen and oxygen atoms in total. The van der Waals surface area contributed by atoms with Gasteiger partial charge in [-0.25, -0.2) is 9.59 Å². The average molecular weight is 563 g/mol. The van der Waals surface area contributed by atoms with Crippen LogP contribution in [-0.2, 0) is 9.53 Å². The first kappa shape index (κ1) is 27.3. The van der Waals surface area contributed by atoms with Crippen molar-refractivity contribution in [3.8, 4) is 40.2 Å². The van der Waals surface area contributed by atoms with Crippen molar-refractivity contribution in [2.24, 2.45) is 0 Å². The van der Waals surface area contributed by atoms with Gasteiger partial charge < -0.3 is 43.1 Å². The lowest BCUT2D eigenvalue weighted by Crippen LogP contribution is -2.37. The molecule has 0 saturated heterocycles. The van der Waals surface area contributed by atoms with E-state index in [1.54, 1.807) is 36.4 Å². The van der Waals surface area contributed by atoms with Crippen LogP contribution < -0.4 is 29.3 Å². The number of rotatable bonds is 8. The van der Waals surface area contributed by atoms with Crippen LogP contribution in [0.4, 0.5) is 0 Å². The molecule has 2 atom stereocenters. The number of phenolic OH excluding ortho intramolecular Hbond substituents is 2. The van der Waals surface area contributed by atoms with Crippen LogP contribution in [0.1, 0.15) is 17.2 Å². The van der Waals surface area contributed by atoms with Crippen LogP contribution in [0.15, 0.2) is 69.9 Å². The minimum atomic E-state index is -0.913. The Hall–Kier alpha value is -5.32. The van der Waals surface area contributed by atoms with Gasteiger partial charge in [0.15, 0.2) is 46.5 Å². The Morgan fingerprint density at radius 2 is 1.56 bits per heavy atom. The molecular formula is C30H26O11. The van der Waals surface area contributed by atoms with Crippen LogP contribution in [-0.4, -0.2) is 50.2 Å². The van der Waals surface area contributed by atoms with E-state index in [0.717, 1.165) is 0 Å². The second-order valence-corrected chi connectivity index (χ2v) is 8.93. The molecule has 0 amide bonds. The second kappa shape index (κ2) is 11.4. The zero-order valence-electron chi connectivity index (χ0n) is 22.3. The van der Waals surface area contributed by atoms with E-state index in [2.05, 4.69) is 0 Å². The highest BCUT2D eigenvalue weighted by Crippen LogP contribution is 2.50. The van der Waals surface area contributed by atoms with E-state index in [9.17, 15) is 19.8 Å². The molecule has 3 aromatic carbocycles. The predicted octanol–water partition coefficient (Wildman–Crippen LogP) is 4.37. The number of phenols is 2. The predicted molar refractivity (Wildman–Crippen MR) is 146 cm³/mol. The maximum Gasteiger partial charge on any atom is 0.336 e. The minimum Gasteiger partial charge on any atom is -0.504 e. The molecular weight excluding hydrogens is 536 g/mol. The fourth-order valence-corrected chi connectivity index (χ4v) is 4.38. The first-order chi connectivity index (χ1) is 19.8. The largest absolute Gasteiger partial charge is 0.504 e. The maximum atomic E-state index is 12.7. The molecule has 5 rings (SSSR count). The quantitative estimate of drug-likeness (QED) is 0.180. The molecule has 41 heavy (non-hydrogen) atoms. The van der Waals surface area contributed by atoms with Crippen molar-refractivity contribution in [2.75, 3.05) is 27.9 Å². The lowest BCUT2D eigenvalue weighted by molar-refractivity contribution is -0.142. The summed E-state index contributed by atoms with van der Waals surface area (Å²) in [5, 5.41) is 20.4. The van der Waals surface area contributed by atoms with Crippen molar-refractivity contribution in [3.63, 3.8) is 0 Å². The molecule has 212 valence electrons. The number of methoxy groups -OCH3 is 3. The van der Waals surface area contributed by atoms with Crippen LogP contribution in [0, 0.1) is 0 Å². The summed E-state index contributed by atoms with van der Waals surface area (Å²) in [5.41, 5.74) is 0.713. The molecule has 2 heterocycles. The Labute approximate surface area is 233 Å². The topological polar surface area (TPSA) is 143 Å². The van der Waals surface area contributed by atoms with Crippen molar-refractivity contribution in [1.82, 2.24) is 0 Å². The number of carbonyl (C=O) groups is 1. The average Bonchev–Trinajstić information content (AvgIpc) is 2.99. The third-order valence-corrected chi connectivity index (χ3v) is 6.40. The van der Waals surface area contributed by atoms with Crippen molar-refractivity contribution >= 4 is 23.0 Å². The minimum absolute atomic E-state index is 0.0288. The molecule has 0 aliphatic carbocycles. The van der Waals surface area contributed by atoms with Gasteiger partial charge in [-0.1, -0.05) is 12.1 Å². The van der Waals surface area contributed by atoms with Gasteiger partial charge in [-0.05, 0) is 48.0 Å². The Morgan fingerprint density at radius 1 is 0.854 bits per heavy atom. The molecule has 1 aliphatic rings. The van der Waals surface area contributed by atoms with Crippen molar-refractivity contribution in [1.29, 1.82) is 0 Å². The van der Waals surface area contributed by atoms with E-state index in [0.29, 0.717) is 22.3 Å². The normalized spacial score (nSPS) is 16.0. The van der Waals surface area contributed by atoms with Crippen molar-refractivity contribution < 1.29 is 47.8 Å². The standard InChI is InChI=1S/C30H26O11/c1-35-21-12-16(4-8-19(21)31)5-10-25(33)38-15-24-27(17-6-9-20(32)22(13-17)36-2)41-29-23(37-3)14-18-7-11-26(34)40-28(18)30(29)39-24/h4-14,24,27,31-32H,15H2,1-3H3/b10-5+/t24-,27-/m1/s1. The molecule has 0 saturated carbocycles. The van der Waals surface area contributed by atoms with E-state index in [4.69, 9.17) is 32.8 Å². The third-order valence-electron chi connectivity index (χ3n) is 6.40. The van der Waals surface area contributed by atoms with Crippen LogP contribution in [0.3, 0.4) is 0 Å². The summed E-state index contributed by atoms with van der Waals surface area (Å²) in [7, 11) is 4.30. The summed E-state index contributed by atoms with van der Waals surface area (Å²) in [6.45, 7) is -0.259. The lowest BCUT2D eigenvalue weighted by Gasteiger charge is -2.34. The van der Waals surface area contributed by atoms with Gasteiger partial charge in [0.05, 0.1) is 21.3 Å². The van der Waals surface area contributed by atoms with Crippen LogP contribution >= 0.6 is 0 Å². The first-order valence-electron chi connectivity index (χ1n) is 12.4. The Bertz CT molecular complexity index is 1690. The summed E-state index contributed by atoms with van der Waals surface area (Å²) >= 11 is 0. The maximum absolute atomic E-state index is 12.7. The smallest absolute Gasteiger partial charge is 0.336 e. The van der Waals surface area contributed by atoms with Gasteiger partial charge in [0.1, 0.15) is 6.61 Å². The Kier molecular flexibility index (Phi) is 7.59. The molecule has 4 aromatic rings. The zero-order valence-corrected chi connectivity index (χ0v) is 22.3. The van der Waals surface area contributed by atoms with Gasteiger partial charge in [-0.15, -0.1) is 0 Å². The highest BCUT2D eigenvalue weighted by molar-refractivity contribution is 5.89. The molecule has 1 aromatic heterocycles. The van der Waals surface area contributed by atoms with Gasteiger partial charge in [0.2, 0.25) is 11.5 Å². The number of hydrogen-bond donors (Lipinski definition) is 2. The van der Waals surface area contributed by atoms with E-state index >= 15 is 0 Å². The van der Waals surface area contributed by atoms with Gasteiger partial charge in [0.25, 0.3) is 0 Å². The van der Waals surface area contributed by atoms with Crippen molar-refractivity contribution in [3.05, 3.63) is 82.2 Å². The fourth-order valence-electron chi connectivity index (χ4n) is 4.38. The zero-order chi connectivity index (χ0) is 29.1. The lowest BCUT2D eigenvalue weighted by atomic mass is 10.0. The number of hydrogen-bond acceptors (Lipinski definition) is 11. The summed E-state index contributed by atoms with van der Waals surface area (Å²) in [4.78, 5) is 24.7. The Morgan fingerprint density at radius 3 is 2.29 bits per heavy atom. The number of fused-ring (bicyclic) bond motifs is 3. The SMILES string of the molecule is COc1cc(/C=C/C(=O)OC[C@H]2Oc3c(c(OC)cc4ccc(=O)oc34)O[C@@H]2c2ccc(O)c(OC)c2)ccc1O. The van der Waals surface area contributed by atoms with Crippen LogP contribution in [0.25, 0.3) is 17.0 Å². The highest BCUT2D eigenvalue weighted by Gasteiger charge is 2.38.